The van der Waals surface area contributed by atoms with Crippen molar-refractivity contribution in [2.45, 2.75) is 6.54 Å². The van der Waals surface area contributed by atoms with Crippen molar-refractivity contribution in [1.29, 1.82) is 0 Å². The molecule has 1 rings (SSSR count). The Labute approximate surface area is 67.1 Å². The van der Waals surface area contributed by atoms with Gasteiger partial charge < -0.3 is 5.32 Å². The van der Waals surface area contributed by atoms with Crippen molar-refractivity contribution >= 4 is 22.9 Å². The Hall–Kier alpha value is -0.170. The molecule has 0 atom stereocenters. The number of nitrogens with one attached hydrogen (secondary N) is 1. The van der Waals surface area contributed by atoms with Gasteiger partial charge in [-0.3, -0.25) is 0 Å². The van der Waals surface area contributed by atoms with Gasteiger partial charge in [0.2, 0.25) is 0 Å². The van der Waals surface area contributed by atoms with E-state index in [9.17, 15) is 0 Å². The molecule has 9 heavy (non-hydrogen) atoms. The number of rotatable bonds is 2. The van der Waals surface area contributed by atoms with Crippen LogP contribution in [0.5, 0.6) is 0 Å². The van der Waals surface area contributed by atoms with Crippen LogP contribution in [0, 0.1) is 0 Å². The number of aromatic nitrogens is 3. The summed E-state index contributed by atoms with van der Waals surface area (Å²) in [5.74, 6) is 0. The van der Waals surface area contributed by atoms with Crippen molar-refractivity contribution in [3.63, 3.8) is 0 Å². The van der Waals surface area contributed by atoms with E-state index in [1.54, 1.807) is 2.90 Å². The highest BCUT2D eigenvalue weighted by Crippen LogP contribution is 1.94. The summed E-state index contributed by atoms with van der Waals surface area (Å²) in [6.07, 6.45) is 1.87. The Bertz CT molecular complexity index is 184. The first-order valence-corrected chi connectivity index (χ1v) is 3.51. The normalized spacial score (nSPS) is 10.0. The van der Waals surface area contributed by atoms with E-state index in [1.807, 2.05) is 13.2 Å². The van der Waals surface area contributed by atoms with Gasteiger partial charge in [-0.25, -0.2) is 0 Å². The lowest BCUT2D eigenvalue weighted by Crippen LogP contribution is -2.04. The molecule has 50 valence electrons. The highest BCUT2D eigenvalue weighted by Gasteiger charge is 1.93. The zero-order valence-corrected chi connectivity index (χ0v) is 7.16. The Morgan fingerprint density at radius 3 is 3.11 bits per heavy atom. The second-order valence-corrected chi connectivity index (χ2v) is 2.62. The summed E-state index contributed by atoms with van der Waals surface area (Å²) in [6, 6.07) is 0. The van der Waals surface area contributed by atoms with Crippen molar-refractivity contribution in [1.82, 2.24) is 18.5 Å². The molecule has 4 nitrogen and oxygen atoms in total. The fourth-order valence-corrected chi connectivity index (χ4v) is 0.955. The van der Waals surface area contributed by atoms with E-state index in [0.717, 1.165) is 12.2 Å². The maximum Gasteiger partial charge on any atom is 0.0974 e. The van der Waals surface area contributed by atoms with Gasteiger partial charge in [0, 0.05) is 6.54 Å². The second kappa shape index (κ2) is 3.11. The van der Waals surface area contributed by atoms with E-state index in [2.05, 4.69) is 38.5 Å². The topological polar surface area (TPSA) is 42.7 Å². The minimum atomic E-state index is 0.781. The average molecular weight is 238 g/mol. The van der Waals surface area contributed by atoms with Crippen molar-refractivity contribution in [2.75, 3.05) is 7.05 Å². The summed E-state index contributed by atoms with van der Waals surface area (Å²) < 4.78 is 1.66. The summed E-state index contributed by atoms with van der Waals surface area (Å²) in [5.41, 5.74) is 0.965. The third-order valence-corrected chi connectivity index (χ3v) is 1.34. The average Bonchev–Trinajstić information content (AvgIpc) is 2.17. The van der Waals surface area contributed by atoms with Crippen LogP contribution in [0.2, 0.25) is 0 Å². The van der Waals surface area contributed by atoms with Gasteiger partial charge in [-0.2, -0.15) is 2.90 Å². The molecule has 1 aromatic heterocycles. The van der Waals surface area contributed by atoms with E-state index in [0.29, 0.717) is 0 Å². The maximum atomic E-state index is 3.85. The van der Waals surface area contributed by atoms with Gasteiger partial charge in [0.25, 0.3) is 0 Å². The molecular weight excluding hydrogens is 231 g/mol. The fraction of sp³-hybridized carbons (Fsp3) is 0.500. The van der Waals surface area contributed by atoms with E-state index < -0.39 is 0 Å². The molecule has 0 aliphatic rings. The van der Waals surface area contributed by atoms with Crippen LogP contribution < -0.4 is 5.32 Å². The zero-order valence-electron chi connectivity index (χ0n) is 5.00. The van der Waals surface area contributed by atoms with Gasteiger partial charge in [-0.05, 0) is 7.05 Å². The Morgan fingerprint density at radius 2 is 2.67 bits per heavy atom. The minimum Gasteiger partial charge on any atom is -0.314 e. The maximum absolute atomic E-state index is 3.85. The monoisotopic (exact) mass is 238 g/mol. The molecule has 0 aromatic carbocycles. The lowest BCUT2D eigenvalue weighted by Gasteiger charge is -1.87. The van der Waals surface area contributed by atoms with Crippen LogP contribution in [0.15, 0.2) is 6.20 Å². The lowest BCUT2D eigenvalue weighted by molar-refractivity contribution is 0.780. The van der Waals surface area contributed by atoms with Gasteiger partial charge in [-0.15, -0.1) is 5.10 Å². The van der Waals surface area contributed by atoms with E-state index in [-0.39, 0.29) is 0 Å². The molecule has 0 bridgehead atoms. The largest absolute Gasteiger partial charge is 0.314 e. The van der Waals surface area contributed by atoms with Crippen molar-refractivity contribution in [3.05, 3.63) is 11.9 Å². The molecule has 0 unspecified atom stereocenters. The fourth-order valence-electron chi connectivity index (χ4n) is 0.537. The molecule has 0 saturated heterocycles. The quantitative estimate of drug-likeness (QED) is 0.748. The predicted octanol–water partition coefficient (Wildman–Crippen LogP) is 0.196. The smallest absolute Gasteiger partial charge is 0.0974 e. The van der Waals surface area contributed by atoms with Crippen molar-refractivity contribution < 1.29 is 0 Å². The van der Waals surface area contributed by atoms with E-state index in [1.165, 1.54) is 0 Å². The van der Waals surface area contributed by atoms with E-state index >= 15 is 0 Å². The molecule has 0 aliphatic carbocycles. The molecular formula is C4H7IN4. The first-order valence-electron chi connectivity index (χ1n) is 2.55. The molecule has 0 saturated carbocycles. The number of hydrogen-bond donors (Lipinski definition) is 1. The summed E-state index contributed by atoms with van der Waals surface area (Å²) in [6.45, 7) is 0.781. The zero-order chi connectivity index (χ0) is 6.69. The van der Waals surface area contributed by atoms with Crippen LogP contribution in [0.3, 0.4) is 0 Å². The van der Waals surface area contributed by atoms with Crippen LogP contribution >= 0.6 is 22.9 Å². The third kappa shape index (κ3) is 1.90. The Morgan fingerprint density at radius 1 is 1.89 bits per heavy atom. The van der Waals surface area contributed by atoms with Crippen molar-refractivity contribution in [2.24, 2.45) is 0 Å². The van der Waals surface area contributed by atoms with Gasteiger partial charge >= 0.3 is 0 Å². The molecule has 1 heterocycles. The minimum absolute atomic E-state index is 0.781. The summed E-state index contributed by atoms with van der Waals surface area (Å²) in [5, 5.41) is 10.6. The third-order valence-electron chi connectivity index (χ3n) is 0.872. The predicted molar refractivity (Wildman–Crippen MR) is 42.2 cm³/mol. The number of nitrogens with zero attached hydrogens (tertiary/aromatic N) is 3. The Balaban J connectivity index is 2.61. The molecule has 1 aromatic rings. The van der Waals surface area contributed by atoms with Crippen LogP contribution in [-0.4, -0.2) is 20.3 Å². The summed E-state index contributed by atoms with van der Waals surface area (Å²) in [4.78, 5) is 0. The van der Waals surface area contributed by atoms with Gasteiger partial charge in [0.05, 0.1) is 34.8 Å². The SMILES string of the molecule is CNCc1cn(I)nn1. The van der Waals surface area contributed by atoms with Crippen LogP contribution in [0.1, 0.15) is 5.69 Å². The molecule has 0 amide bonds. The van der Waals surface area contributed by atoms with Crippen molar-refractivity contribution in [3.8, 4) is 0 Å². The van der Waals surface area contributed by atoms with E-state index in [4.69, 9.17) is 0 Å². The number of halogens is 1. The summed E-state index contributed by atoms with van der Waals surface area (Å²) in [7, 11) is 1.88. The van der Waals surface area contributed by atoms with Gasteiger partial charge in [0.15, 0.2) is 0 Å². The highest BCUT2D eigenvalue weighted by molar-refractivity contribution is 14.1. The molecule has 0 fully saturated rings. The Kier molecular flexibility index (Phi) is 2.40. The molecule has 0 spiro atoms. The molecule has 5 heteroatoms. The lowest BCUT2D eigenvalue weighted by atomic mass is 10.5. The first kappa shape index (κ1) is 6.94. The van der Waals surface area contributed by atoms with Crippen LogP contribution in [0.25, 0.3) is 0 Å². The van der Waals surface area contributed by atoms with Crippen LogP contribution in [-0.2, 0) is 6.54 Å². The van der Waals surface area contributed by atoms with Gasteiger partial charge in [0.1, 0.15) is 0 Å². The van der Waals surface area contributed by atoms with Crippen LogP contribution in [0.4, 0.5) is 0 Å². The molecule has 0 aliphatic heterocycles. The summed E-state index contributed by atoms with van der Waals surface area (Å²) >= 11 is 2.06. The second-order valence-electron chi connectivity index (χ2n) is 1.63. The molecule has 1 N–H and O–H groups in total. The standard InChI is InChI=1S/C4H7IN4/c1-6-2-4-3-9(5)8-7-4/h3,6H,2H2,1H3. The first-order chi connectivity index (χ1) is 4.33. The highest BCUT2D eigenvalue weighted by atomic mass is 127. The number of hydrogen-bond acceptors (Lipinski definition) is 3. The molecule has 0 radical (unpaired) electrons. The van der Waals surface area contributed by atoms with Gasteiger partial charge in [-0.1, -0.05) is 5.21 Å².